The van der Waals surface area contributed by atoms with Crippen LogP contribution in [0.15, 0.2) is 18.2 Å². The normalized spacial score (nSPS) is 9.92. The summed E-state index contributed by atoms with van der Waals surface area (Å²) in [7, 11) is 1.62. The van der Waals surface area contributed by atoms with Gasteiger partial charge in [-0.1, -0.05) is 6.07 Å². The molecule has 1 rings (SSSR count). The van der Waals surface area contributed by atoms with Gasteiger partial charge < -0.3 is 15.5 Å². The van der Waals surface area contributed by atoms with Crippen LogP contribution in [0.25, 0.3) is 0 Å². The lowest BCUT2D eigenvalue weighted by atomic mass is 10.1. The number of Topliss-reactive ketones (excluding diaryl/α,β-unsaturated/α-hetero) is 1. The van der Waals surface area contributed by atoms with E-state index in [1.165, 1.54) is 18.2 Å². The topological polar surface area (TPSA) is 69.6 Å². The molecule has 0 bridgehead atoms. The fourth-order valence-electron chi connectivity index (χ4n) is 1.06. The number of aromatic hydroxyl groups is 2. The minimum Gasteiger partial charge on any atom is -0.507 e. The Morgan fingerprint density at radius 3 is 2.38 bits per heavy atom. The molecule has 1 aromatic rings. The number of nitrogens with one attached hydrogen (secondary N) is 1. The van der Waals surface area contributed by atoms with Gasteiger partial charge in [-0.3, -0.25) is 4.79 Å². The van der Waals surface area contributed by atoms with Crippen molar-refractivity contribution >= 4 is 5.78 Å². The van der Waals surface area contributed by atoms with Crippen LogP contribution in [0.2, 0.25) is 0 Å². The highest BCUT2D eigenvalue weighted by molar-refractivity contribution is 6.02. The van der Waals surface area contributed by atoms with E-state index in [9.17, 15) is 15.0 Å². The molecule has 0 heterocycles. The summed E-state index contributed by atoms with van der Waals surface area (Å²) >= 11 is 0. The number of likely N-dealkylation sites (N-methyl/N-ethyl adjacent to an activating group) is 1. The third-order valence-corrected chi connectivity index (χ3v) is 1.64. The molecule has 1 aromatic carbocycles. The van der Waals surface area contributed by atoms with Gasteiger partial charge in [0.15, 0.2) is 5.78 Å². The molecule has 0 aliphatic rings. The third-order valence-electron chi connectivity index (χ3n) is 1.64. The average molecular weight is 181 g/mol. The Morgan fingerprint density at radius 2 is 1.92 bits per heavy atom. The summed E-state index contributed by atoms with van der Waals surface area (Å²) in [6.45, 7) is 0.0884. The molecular formula is C9H11NO3. The molecule has 0 atom stereocenters. The van der Waals surface area contributed by atoms with Crippen LogP contribution in [0.4, 0.5) is 0 Å². The smallest absolute Gasteiger partial charge is 0.184 e. The molecule has 0 radical (unpaired) electrons. The van der Waals surface area contributed by atoms with E-state index < -0.39 is 0 Å². The van der Waals surface area contributed by atoms with E-state index >= 15 is 0 Å². The van der Waals surface area contributed by atoms with Crippen LogP contribution in [0.1, 0.15) is 10.4 Å². The molecule has 70 valence electrons. The van der Waals surface area contributed by atoms with Gasteiger partial charge in [-0.05, 0) is 19.2 Å². The first kappa shape index (κ1) is 9.54. The predicted molar refractivity (Wildman–Crippen MR) is 48.0 cm³/mol. The van der Waals surface area contributed by atoms with Crippen LogP contribution in [0.3, 0.4) is 0 Å². The van der Waals surface area contributed by atoms with Crippen molar-refractivity contribution in [3.8, 4) is 11.5 Å². The van der Waals surface area contributed by atoms with Crippen LogP contribution < -0.4 is 5.32 Å². The van der Waals surface area contributed by atoms with Gasteiger partial charge in [0.1, 0.15) is 17.1 Å². The van der Waals surface area contributed by atoms with Gasteiger partial charge in [-0.15, -0.1) is 0 Å². The summed E-state index contributed by atoms with van der Waals surface area (Å²) in [4.78, 5) is 11.3. The summed E-state index contributed by atoms with van der Waals surface area (Å²) in [5, 5.41) is 21.2. The van der Waals surface area contributed by atoms with Gasteiger partial charge in [-0.25, -0.2) is 0 Å². The minimum absolute atomic E-state index is 0.0307. The molecule has 0 saturated heterocycles. The molecule has 0 amide bonds. The second kappa shape index (κ2) is 3.91. The first-order chi connectivity index (χ1) is 6.16. The number of phenolic OH excluding ortho intramolecular Hbond substituents is 2. The van der Waals surface area contributed by atoms with Gasteiger partial charge in [0.2, 0.25) is 0 Å². The van der Waals surface area contributed by atoms with E-state index in [1.807, 2.05) is 0 Å². The Bertz CT molecular complexity index is 302. The van der Waals surface area contributed by atoms with Crippen LogP contribution in [-0.4, -0.2) is 29.6 Å². The number of carbonyl (C=O) groups is 1. The Hall–Kier alpha value is -1.55. The SMILES string of the molecule is CNCC(=O)c1c(O)cccc1O. The molecule has 0 aliphatic carbocycles. The number of carbonyl (C=O) groups excluding carboxylic acids is 1. The number of benzene rings is 1. The molecule has 0 aromatic heterocycles. The maximum absolute atomic E-state index is 11.3. The summed E-state index contributed by atoms with van der Waals surface area (Å²) in [6, 6.07) is 4.20. The fraction of sp³-hybridized carbons (Fsp3) is 0.222. The molecule has 13 heavy (non-hydrogen) atoms. The van der Waals surface area contributed by atoms with Crippen molar-refractivity contribution in [2.75, 3.05) is 13.6 Å². The van der Waals surface area contributed by atoms with E-state index in [2.05, 4.69) is 5.32 Å². The summed E-state index contributed by atoms with van der Waals surface area (Å²) in [5.74, 6) is -0.724. The second-order valence-electron chi connectivity index (χ2n) is 2.62. The highest BCUT2D eigenvalue weighted by Gasteiger charge is 2.14. The molecule has 4 nitrogen and oxygen atoms in total. The number of hydrogen-bond donors (Lipinski definition) is 3. The Morgan fingerprint density at radius 1 is 1.38 bits per heavy atom. The van der Waals surface area contributed by atoms with Crippen LogP contribution in [0, 0.1) is 0 Å². The number of rotatable bonds is 3. The Labute approximate surface area is 75.8 Å². The van der Waals surface area contributed by atoms with Crippen molar-refractivity contribution in [1.82, 2.24) is 5.32 Å². The molecular weight excluding hydrogens is 170 g/mol. The van der Waals surface area contributed by atoms with E-state index in [-0.39, 0.29) is 29.4 Å². The first-order valence-corrected chi connectivity index (χ1v) is 3.85. The van der Waals surface area contributed by atoms with Gasteiger partial charge in [-0.2, -0.15) is 0 Å². The maximum atomic E-state index is 11.3. The van der Waals surface area contributed by atoms with Crippen molar-refractivity contribution in [3.05, 3.63) is 23.8 Å². The zero-order chi connectivity index (χ0) is 9.84. The zero-order valence-electron chi connectivity index (χ0n) is 7.24. The van der Waals surface area contributed by atoms with Crippen molar-refractivity contribution < 1.29 is 15.0 Å². The van der Waals surface area contributed by atoms with E-state index in [0.717, 1.165) is 0 Å². The van der Waals surface area contributed by atoms with Crippen molar-refractivity contribution in [1.29, 1.82) is 0 Å². The maximum Gasteiger partial charge on any atom is 0.184 e. The monoisotopic (exact) mass is 181 g/mol. The van der Waals surface area contributed by atoms with E-state index in [4.69, 9.17) is 0 Å². The lowest BCUT2D eigenvalue weighted by molar-refractivity contribution is 0.0988. The van der Waals surface area contributed by atoms with Crippen LogP contribution in [0.5, 0.6) is 11.5 Å². The summed E-state index contributed by atoms with van der Waals surface area (Å²) in [6.07, 6.45) is 0. The number of ketones is 1. The highest BCUT2D eigenvalue weighted by Crippen LogP contribution is 2.26. The quantitative estimate of drug-likeness (QED) is 0.594. The van der Waals surface area contributed by atoms with Crippen molar-refractivity contribution in [2.45, 2.75) is 0 Å². The van der Waals surface area contributed by atoms with E-state index in [0.29, 0.717) is 0 Å². The van der Waals surface area contributed by atoms with Gasteiger partial charge >= 0.3 is 0 Å². The zero-order valence-corrected chi connectivity index (χ0v) is 7.24. The molecule has 0 aliphatic heterocycles. The molecule has 0 fully saturated rings. The highest BCUT2D eigenvalue weighted by atomic mass is 16.3. The number of hydrogen-bond acceptors (Lipinski definition) is 4. The van der Waals surface area contributed by atoms with Gasteiger partial charge in [0.25, 0.3) is 0 Å². The minimum atomic E-state index is -0.335. The van der Waals surface area contributed by atoms with Crippen molar-refractivity contribution in [3.63, 3.8) is 0 Å². The van der Waals surface area contributed by atoms with E-state index in [1.54, 1.807) is 7.05 Å². The average Bonchev–Trinajstić information content (AvgIpc) is 2.04. The lowest BCUT2D eigenvalue weighted by Crippen LogP contribution is -2.18. The summed E-state index contributed by atoms with van der Waals surface area (Å²) in [5.41, 5.74) is -0.0307. The standard InChI is InChI=1S/C9H11NO3/c1-10-5-8(13)9-6(11)3-2-4-7(9)12/h2-4,10-12H,5H2,1H3. The first-order valence-electron chi connectivity index (χ1n) is 3.85. The molecule has 4 heteroatoms. The van der Waals surface area contributed by atoms with Crippen LogP contribution in [-0.2, 0) is 0 Å². The molecule has 3 N–H and O–H groups in total. The molecule has 0 unspecified atom stereocenters. The largest absolute Gasteiger partial charge is 0.507 e. The second-order valence-corrected chi connectivity index (χ2v) is 2.62. The third kappa shape index (κ3) is 1.97. The van der Waals surface area contributed by atoms with Gasteiger partial charge in [0, 0.05) is 0 Å². The predicted octanol–water partition coefficient (Wildman–Crippen LogP) is 0.500. The Balaban J connectivity index is 3.05. The number of phenols is 2. The Kier molecular flexibility index (Phi) is 2.87. The fourth-order valence-corrected chi connectivity index (χ4v) is 1.06. The summed E-state index contributed by atoms with van der Waals surface area (Å²) < 4.78 is 0. The molecule has 0 spiro atoms. The van der Waals surface area contributed by atoms with Gasteiger partial charge in [0.05, 0.1) is 6.54 Å². The van der Waals surface area contributed by atoms with Crippen molar-refractivity contribution in [2.24, 2.45) is 0 Å². The lowest BCUT2D eigenvalue weighted by Gasteiger charge is -2.04. The molecule has 0 saturated carbocycles. The van der Waals surface area contributed by atoms with Crippen LogP contribution >= 0.6 is 0 Å².